The van der Waals surface area contributed by atoms with Crippen LogP contribution in [0.4, 0.5) is 5.82 Å². The lowest BCUT2D eigenvalue weighted by molar-refractivity contribution is -0.116. The summed E-state index contributed by atoms with van der Waals surface area (Å²) in [5.74, 6) is 0.991. The van der Waals surface area contributed by atoms with Gasteiger partial charge >= 0.3 is 0 Å². The molecule has 0 bridgehead atoms. The number of carbonyl (C=O) groups excluding carboxylic acids is 1. The van der Waals surface area contributed by atoms with Crippen molar-refractivity contribution in [2.75, 3.05) is 5.32 Å². The summed E-state index contributed by atoms with van der Waals surface area (Å²) in [6.45, 7) is 4.03. The molecule has 0 radical (unpaired) electrons. The molecule has 2 N–H and O–H groups in total. The molecule has 5 nitrogen and oxygen atoms in total. The average Bonchev–Trinajstić information content (AvgIpc) is 2.98. The highest BCUT2D eigenvalue weighted by Gasteiger charge is 2.25. The summed E-state index contributed by atoms with van der Waals surface area (Å²) in [7, 11) is 0. The molecule has 1 heterocycles. The Labute approximate surface area is 164 Å². The molecule has 0 unspecified atom stereocenters. The second kappa shape index (κ2) is 7.43. The third-order valence-electron chi connectivity index (χ3n) is 4.81. The van der Waals surface area contributed by atoms with Crippen molar-refractivity contribution in [2.45, 2.75) is 33.1 Å². The van der Waals surface area contributed by atoms with Gasteiger partial charge in [-0.25, -0.2) is 9.97 Å². The number of nitrogens with one attached hydrogen (secondary N) is 1. The van der Waals surface area contributed by atoms with Crippen molar-refractivity contribution in [3.05, 3.63) is 71.0 Å². The van der Waals surface area contributed by atoms with Gasteiger partial charge in [-0.3, -0.25) is 4.79 Å². The number of carbonyl (C=O) groups is 1. The van der Waals surface area contributed by atoms with Gasteiger partial charge in [0.25, 0.3) is 0 Å². The zero-order chi connectivity index (χ0) is 19.7. The topological polar surface area (TPSA) is 75.1 Å². The first kappa shape index (κ1) is 18.2. The number of amides is 1. The number of rotatable bonds is 5. The lowest BCUT2D eigenvalue weighted by atomic mass is 10.1. The highest BCUT2D eigenvalue weighted by molar-refractivity contribution is 5.90. The van der Waals surface area contributed by atoms with Crippen LogP contribution in [0.2, 0.25) is 0 Å². The first-order valence-corrected chi connectivity index (χ1v) is 9.55. The van der Waals surface area contributed by atoms with Gasteiger partial charge in [0.05, 0.1) is 17.1 Å². The Hall–Kier alpha value is -3.21. The van der Waals surface area contributed by atoms with Crippen molar-refractivity contribution in [1.82, 2.24) is 9.97 Å². The van der Waals surface area contributed by atoms with E-state index in [9.17, 15) is 9.90 Å². The first-order valence-electron chi connectivity index (χ1n) is 9.55. The van der Waals surface area contributed by atoms with Crippen LogP contribution in [0.15, 0.2) is 48.5 Å². The van der Waals surface area contributed by atoms with Gasteiger partial charge in [0.2, 0.25) is 5.91 Å². The number of aromatic nitrogens is 2. The average molecular weight is 373 g/mol. The maximum atomic E-state index is 12.4. The van der Waals surface area contributed by atoms with Gasteiger partial charge < -0.3 is 10.4 Å². The van der Waals surface area contributed by atoms with E-state index in [1.165, 1.54) is 0 Å². The fourth-order valence-electron chi connectivity index (χ4n) is 3.55. The third kappa shape index (κ3) is 3.74. The number of benzene rings is 2. The Morgan fingerprint density at radius 2 is 1.93 bits per heavy atom. The van der Waals surface area contributed by atoms with Crippen molar-refractivity contribution in [2.24, 2.45) is 5.92 Å². The van der Waals surface area contributed by atoms with Gasteiger partial charge in [-0.1, -0.05) is 44.2 Å². The van der Waals surface area contributed by atoms with Gasteiger partial charge in [-0.2, -0.15) is 0 Å². The normalized spacial score (nSPS) is 12.0. The summed E-state index contributed by atoms with van der Waals surface area (Å²) in [4.78, 5) is 22.0. The molecule has 1 aromatic heterocycles. The highest BCUT2D eigenvalue weighted by Crippen LogP contribution is 2.37. The van der Waals surface area contributed by atoms with Crippen LogP contribution in [0.5, 0.6) is 5.75 Å². The maximum Gasteiger partial charge on any atom is 0.225 e. The minimum absolute atomic E-state index is 0.0493. The molecule has 0 saturated heterocycles. The predicted octanol–water partition coefficient (Wildman–Crippen LogP) is 4.33. The number of fused-ring (bicyclic) bond motifs is 3. The second-order valence-electron chi connectivity index (χ2n) is 7.64. The summed E-state index contributed by atoms with van der Waals surface area (Å²) in [6, 6.07) is 15.4. The van der Waals surface area contributed by atoms with E-state index in [0.717, 1.165) is 33.8 Å². The molecular weight excluding hydrogens is 350 g/mol. The largest absolute Gasteiger partial charge is 0.508 e. The van der Waals surface area contributed by atoms with Crippen LogP contribution in [-0.4, -0.2) is 21.0 Å². The van der Waals surface area contributed by atoms with E-state index in [4.69, 9.17) is 9.97 Å². The highest BCUT2D eigenvalue weighted by atomic mass is 16.3. The number of hydrogen-bond donors (Lipinski definition) is 2. The van der Waals surface area contributed by atoms with Gasteiger partial charge in [0.15, 0.2) is 5.82 Å². The monoisotopic (exact) mass is 373 g/mol. The van der Waals surface area contributed by atoms with E-state index in [1.807, 2.05) is 50.2 Å². The standard InChI is InChI=1S/C23H23N3O2/c1-14(2)10-21(28)26-23-20(11-15-6-4-3-5-7-15)24-22-18-9-8-17(27)12-16(18)13-19(22)25-23/h3-9,12,14,27H,10-11,13H2,1-2H3,(H,25,26,28). The van der Waals surface area contributed by atoms with Crippen molar-refractivity contribution in [3.8, 4) is 17.0 Å². The first-order chi connectivity index (χ1) is 13.5. The van der Waals surface area contributed by atoms with Crippen molar-refractivity contribution in [3.63, 3.8) is 0 Å². The lowest BCUT2D eigenvalue weighted by Gasteiger charge is -2.13. The molecule has 0 atom stereocenters. The van der Waals surface area contributed by atoms with Crippen molar-refractivity contribution < 1.29 is 9.90 Å². The van der Waals surface area contributed by atoms with Crippen molar-refractivity contribution >= 4 is 11.7 Å². The van der Waals surface area contributed by atoms with Gasteiger partial charge in [-0.05, 0) is 35.2 Å². The summed E-state index contributed by atoms with van der Waals surface area (Å²) < 4.78 is 0. The fourth-order valence-corrected chi connectivity index (χ4v) is 3.55. The molecule has 1 aliphatic rings. The van der Waals surface area contributed by atoms with Crippen LogP contribution >= 0.6 is 0 Å². The maximum absolute atomic E-state index is 12.4. The minimum Gasteiger partial charge on any atom is -0.508 e. The number of nitrogens with zero attached hydrogens (tertiary/aromatic N) is 2. The zero-order valence-corrected chi connectivity index (χ0v) is 16.1. The SMILES string of the molecule is CC(C)CC(=O)Nc1nc2c(nc1Cc1ccccc1)-c1ccc(O)cc1C2. The molecule has 1 amide bonds. The number of phenols is 1. The molecule has 0 spiro atoms. The number of anilines is 1. The summed E-state index contributed by atoms with van der Waals surface area (Å²) >= 11 is 0. The molecule has 3 aromatic rings. The fraction of sp³-hybridized carbons (Fsp3) is 0.261. The van der Waals surface area contributed by atoms with Gasteiger partial charge in [0, 0.05) is 24.8 Å². The molecule has 1 aliphatic carbocycles. The van der Waals surface area contributed by atoms with Crippen LogP contribution in [0.25, 0.3) is 11.3 Å². The van der Waals surface area contributed by atoms with E-state index < -0.39 is 0 Å². The number of phenolic OH excluding ortho intramolecular Hbond substituents is 1. The van der Waals surface area contributed by atoms with Crippen molar-refractivity contribution in [1.29, 1.82) is 0 Å². The molecule has 0 saturated carbocycles. The Morgan fingerprint density at radius 1 is 1.14 bits per heavy atom. The molecule has 0 fully saturated rings. The van der Waals surface area contributed by atoms with E-state index >= 15 is 0 Å². The summed E-state index contributed by atoms with van der Waals surface area (Å²) in [6.07, 6.45) is 1.63. The third-order valence-corrected chi connectivity index (χ3v) is 4.81. The van der Waals surface area contributed by atoms with Crippen LogP contribution < -0.4 is 5.32 Å². The number of hydrogen-bond acceptors (Lipinski definition) is 4. The quantitative estimate of drug-likeness (QED) is 0.546. The van der Waals surface area contributed by atoms with Crippen LogP contribution in [-0.2, 0) is 17.6 Å². The van der Waals surface area contributed by atoms with E-state index in [0.29, 0.717) is 25.1 Å². The van der Waals surface area contributed by atoms with Crippen LogP contribution in [0.3, 0.4) is 0 Å². The second-order valence-corrected chi connectivity index (χ2v) is 7.64. The van der Waals surface area contributed by atoms with Gasteiger partial charge in [0.1, 0.15) is 5.75 Å². The summed E-state index contributed by atoms with van der Waals surface area (Å²) in [5, 5.41) is 12.8. The van der Waals surface area contributed by atoms with E-state index in [-0.39, 0.29) is 17.6 Å². The number of aromatic hydroxyl groups is 1. The van der Waals surface area contributed by atoms with Crippen LogP contribution in [0, 0.1) is 5.92 Å². The Kier molecular flexibility index (Phi) is 4.82. The molecule has 5 heteroatoms. The molecule has 0 aliphatic heterocycles. The molecular formula is C23H23N3O2. The van der Waals surface area contributed by atoms with Gasteiger partial charge in [-0.15, -0.1) is 0 Å². The Balaban J connectivity index is 1.74. The summed E-state index contributed by atoms with van der Waals surface area (Å²) in [5.41, 5.74) is 5.53. The smallest absolute Gasteiger partial charge is 0.225 e. The minimum atomic E-state index is -0.0493. The Bertz CT molecular complexity index is 1030. The van der Waals surface area contributed by atoms with Crippen LogP contribution in [0.1, 0.15) is 42.8 Å². The molecule has 142 valence electrons. The van der Waals surface area contributed by atoms with E-state index in [1.54, 1.807) is 12.1 Å². The Morgan fingerprint density at radius 3 is 2.68 bits per heavy atom. The molecule has 28 heavy (non-hydrogen) atoms. The zero-order valence-electron chi connectivity index (χ0n) is 16.1. The predicted molar refractivity (Wildman–Crippen MR) is 109 cm³/mol. The molecule has 4 rings (SSSR count). The van der Waals surface area contributed by atoms with E-state index in [2.05, 4.69) is 5.32 Å². The lowest BCUT2D eigenvalue weighted by Crippen LogP contribution is -2.17. The molecule has 2 aromatic carbocycles.